The van der Waals surface area contributed by atoms with E-state index in [0.29, 0.717) is 5.02 Å². The summed E-state index contributed by atoms with van der Waals surface area (Å²) in [6, 6.07) is 7.41. The van der Waals surface area contributed by atoms with Crippen LogP contribution in [0.5, 0.6) is 0 Å². The molecule has 1 nitrogen and oxygen atoms in total. The Balaban J connectivity index is 2.33. The van der Waals surface area contributed by atoms with Crippen LogP contribution in [0, 0.1) is 0 Å². The van der Waals surface area contributed by atoms with Crippen LogP contribution in [-0.4, -0.2) is 5.11 Å². The summed E-state index contributed by atoms with van der Waals surface area (Å²) in [4.78, 5) is 0. The zero-order chi connectivity index (χ0) is 10.0. The maximum atomic E-state index is 10.3. The predicted molar refractivity (Wildman–Crippen MR) is 58.3 cm³/mol. The first-order valence-corrected chi connectivity index (χ1v) is 5.25. The van der Waals surface area contributed by atoms with Crippen molar-refractivity contribution in [2.75, 3.05) is 0 Å². The Morgan fingerprint density at radius 1 is 1.21 bits per heavy atom. The SMILES string of the molecule is OC1(c2ccc(Cl)cc2)C=CCCC1. The molecule has 1 aliphatic rings. The van der Waals surface area contributed by atoms with Crippen molar-refractivity contribution in [3.8, 4) is 0 Å². The van der Waals surface area contributed by atoms with Crippen LogP contribution < -0.4 is 0 Å². The molecule has 2 rings (SSSR count). The molecule has 1 aliphatic carbocycles. The number of hydrogen-bond acceptors (Lipinski definition) is 1. The van der Waals surface area contributed by atoms with Crippen LogP contribution in [0.1, 0.15) is 24.8 Å². The van der Waals surface area contributed by atoms with Gasteiger partial charge in [0.15, 0.2) is 0 Å². The zero-order valence-electron chi connectivity index (χ0n) is 7.91. The van der Waals surface area contributed by atoms with Gasteiger partial charge in [-0.3, -0.25) is 0 Å². The summed E-state index contributed by atoms with van der Waals surface area (Å²) in [6.07, 6.45) is 6.83. The maximum Gasteiger partial charge on any atom is 0.108 e. The molecule has 0 aromatic heterocycles. The first kappa shape index (κ1) is 9.75. The standard InChI is InChI=1S/C12H13ClO/c13-11-6-4-10(5-7-11)12(14)8-2-1-3-9-12/h2,4-8,14H,1,3,9H2. The van der Waals surface area contributed by atoms with Gasteiger partial charge in [0.1, 0.15) is 5.60 Å². The van der Waals surface area contributed by atoms with E-state index in [1.807, 2.05) is 36.4 Å². The number of rotatable bonds is 1. The number of allylic oxidation sites excluding steroid dienone is 1. The molecule has 0 radical (unpaired) electrons. The van der Waals surface area contributed by atoms with Crippen molar-refractivity contribution in [1.29, 1.82) is 0 Å². The normalized spacial score (nSPS) is 26.4. The van der Waals surface area contributed by atoms with Crippen molar-refractivity contribution in [3.05, 3.63) is 47.0 Å². The van der Waals surface area contributed by atoms with Crippen molar-refractivity contribution < 1.29 is 5.11 Å². The van der Waals surface area contributed by atoms with Crippen LogP contribution in [0.3, 0.4) is 0 Å². The molecule has 0 saturated heterocycles. The van der Waals surface area contributed by atoms with Crippen LogP contribution >= 0.6 is 11.6 Å². The molecule has 74 valence electrons. The van der Waals surface area contributed by atoms with Gasteiger partial charge in [0.05, 0.1) is 0 Å². The van der Waals surface area contributed by atoms with E-state index >= 15 is 0 Å². The highest BCUT2D eigenvalue weighted by atomic mass is 35.5. The van der Waals surface area contributed by atoms with Gasteiger partial charge in [-0.25, -0.2) is 0 Å². The predicted octanol–water partition coefficient (Wildman–Crippen LogP) is 3.27. The third-order valence-electron chi connectivity index (χ3n) is 2.67. The van der Waals surface area contributed by atoms with Gasteiger partial charge in [-0.2, -0.15) is 0 Å². The summed E-state index contributed by atoms with van der Waals surface area (Å²) < 4.78 is 0. The largest absolute Gasteiger partial charge is 0.381 e. The molecule has 1 unspecified atom stereocenters. The van der Waals surface area contributed by atoms with Crippen molar-refractivity contribution in [3.63, 3.8) is 0 Å². The van der Waals surface area contributed by atoms with Crippen molar-refractivity contribution in [2.24, 2.45) is 0 Å². The van der Waals surface area contributed by atoms with Crippen LogP contribution in [0.2, 0.25) is 5.02 Å². The number of halogens is 1. The van der Waals surface area contributed by atoms with Crippen molar-refractivity contribution >= 4 is 11.6 Å². The van der Waals surface area contributed by atoms with Gasteiger partial charge in [-0.05, 0) is 37.0 Å². The number of aliphatic hydroxyl groups is 1. The Bertz CT molecular complexity index is 342. The molecule has 0 spiro atoms. The Labute approximate surface area is 89.0 Å². The Morgan fingerprint density at radius 2 is 1.93 bits per heavy atom. The molecular formula is C12H13ClO. The second-order valence-corrected chi connectivity index (χ2v) is 4.16. The third kappa shape index (κ3) is 1.84. The fourth-order valence-corrected chi connectivity index (χ4v) is 1.96. The molecule has 0 bridgehead atoms. The average Bonchev–Trinajstić information content (AvgIpc) is 2.19. The van der Waals surface area contributed by atoms with Crippen LogP contribution in [0.15, 0.2) is 36.4 Å². The quantitative estimate of drug-likeness (QED) is 0.703. The molecule has 0 amide bonds. The van der Waals surface area contributed by atoms with E-state index < -0.39 is 5.60 Å². The monoisotopic (exact) mass is 208 g/mol. The minimum atomic E-state index is -0.775. The Morgan fingerprint density at radius 3 is 2.50 bits per heavy atom. The summed E-state index contributed by atoms with van der Waals surface area (Å²) >= 11 is 5.80. The molecule has 1 atom stereocenters. The van der Waals surface area contributed by atoms with E-state index in [9.17, 15) is 5.11 Å². The highest BCUT2D eigenvalue weighted by Crippen LogP contribution is 2.32. The molecular weight excluding hydrogens is 196 g/mol. The minimum Gasteiger partial charge on any atom is -0.381 e. The smallest absolute Gasteiger partial charge is 0.108 e. The van der Waals surface area contributed by atoms with Crippen LogP contribution in [0.4, 0.5) is 0 Å². The number of hydrogen-bond donors (Lipinski definition) is 1. The van der Waals surface area contributed by atoms with Crippen LogP contribution in [-0.2, 0) is 5.60 Å². The highest BCUT2D eigenvalue weighted by molar-refractivity contribution is 6.30. The lowest BCUT2D eigenvalue weighted by atomic mass is 9.85. The van der Waals surface area contributed by atoms with E-state index in [1.165, 1.54) is 0 Å². The Hall–Kier alpha value is -0.790. The van der Waals surface area contributed by atoms with E-state index in [4.69, 9.17) is 11.6 Å². The maximum absolute atomic E-state index is 10.3. The molecule has 1 N–H and O–H groups in total. The number of benzene rings is 1. The van der Waals surface area contributed by atoms with Gasteiger partial charge in [-0.15, -0.1) is 0 Å². The second kappa shape index (κ2) is 3.76. The van der Waals surface area contributed by atoms with E-state index in [0.717, 1.165) is 24.8 Å². The van der Waals surface area contributed by atoms with Crippen LogP contribution in [0.25, 0.3) is 0 Å². The fraction of sp³-hybridized carbons (Fsp3) is 0.333. The van der Waals surface area contributed by atoms with Crippen molar-refractivity contribution in [2.45, 2.75) is 24.9 Å². The molecule has 1 aromatic carbocycles. The molecule has 2 heteroatoms. The van der Waals surface area contributed by atoms with Gasteiger partial charge < -0.3 is 5.11 Å². The van der Waals surface area contributed by atoms with E-state index in [-0.39, 0.29) is 0 Å². The van der Waals surface area contributed by atoms with Gasteiger partial charge >= 0.3 is 0 Å². The summed E-state index contributed by atoms with van der Waals surface area (Å²) in [5.41, 5.74) is 0.154. The minimum absolute atomic E-state index is 0.706. The second-order valence-electron chi connectivity index (χ2n) is 3.73. The first-order chi connectivity index (χ1) is 6.71. The molecule has 1 aromatic rings. The Kier molecular flexibility index (Phi) is 2.62. The molecule has 0 heterocycles. The average molecular weight is 209 g/mol. The molecule has 14 heavy (non-hydrogen) atoms. The third-order valence-corrected chi connectivity index (χ3v) is 2.92. The van der Waals surface area contributed by atoms with Gasteiger partial charge in [-0.1, -0.05) is 35.9 Å². The lowest BCUT2D eigenvalue weighted by Gasteiger charge is -2.27. The lowest BCUT2D eigenvalue weighted by Crippen LogP contribution is -2.24. The van der Waals surface area contributed by atoms with Gasteiger partial charge in [0.25, 0.3) is 0 Å². The van der Waals surface area contributed by atoms with Gasteiger partial charge in [0.2, 0.25) is 0 Å². The summed E-state index contributed by atoms with van der Waals surface area (Å²) in [7, 11) is 0. The summed E-state index contributed by atoms with van der Waals surface area (Å²) in [5.74, 6) is 0. The van der Waals surface area contributed by atoms with Gasteiger partial charge in [0, 0.05) is 5.02 Å². The summed E-state index contributed by atoms with van der Waals surface area (Å²) in [6.45, 7) is 0. The molecule has 0 saturated carbocycles. The van der Waals surface area contributed by atoms with Crippen molar-refractivity contribution in [1.82, 2.24) is 0 Å². The fourth-order valence-electron chi connectivity index (χ4n) is 1.83. The van der Waals surface area contributed by atoms with E-state index in [2.05, 4.69) is 0 Å². The highest BCUT2D eigenvalue weighted by Gasteiger charge is 2.26. The molecule has 0 aliphatic heterocycles. The first-order valence-electron chi connectivity index (χ1n) is 4.87. The topological polar surface area (TPSA) is 20.2 Å². The molecule has 0 fully saturated rings. The lowest BCUT2D eigenvalue weighted by molar-refractivity contribution is 0.0726. The summed E-state index contributed by atoms with van der Waals surface area (Å²) in [5, 5.41) is 11.0. The van der Waals surface area contributed by atoms with E-state index in [1.54, 1.807) is 0 Å². The zero-order valence-corrected chi connectivity index (χ0v) is 8.67.